The molecule has 0 saturated heterocycles. The lowest BCUT2D eigenvalue weighted by Gasteiger charge is -2.32. The maximum Gasteiger partial charge on any atom is 0.243 e. The van der Waals surface area contributed by atoms with Crippen LogP contribution in [0.3, 0.4) is 0 Å². The van der Waals surface area contributed by atoms with E-state index in [0.29, 0.717) is 23.7 Å². The monoisotopic (exact) mass is 550 g/mol. The summed E-state index contributed by atoms with van der Waals surface area (Å²) in [4.78, 5) is 29.3. The summed E-state index contributed by atoms with van der Waals surface area (Å²) < 4.78 is 5.41. The van der Waals surface area contributed by atoms with Gasteiger partial charge in [-0.3, -0.25) is 9.59 Å². The molecule has 1 aliphatic carbocycles. The van der Waals surface area contributed by atoms with E-state index in [1.165, 1.54) is 11.8 Å². The fourth-order valence-electron chi connectivity index (χ4n) is 4.84. The Hall–Kier alpha value is -2.96. The van der Waals surface area contributed by atoms with Gasteiger partial charge >= 0.3 is 0 Å². The summed E-state index contributed by atoms with van der Waals surface area (Å²) in [6.45, 7) is 0.318. The highest BCUT2D eigenvalue weighted by Gasteiger charge is 2.32. The molecule has 1 fully saturated rings. The molecule has 38 heavy (non-hydrogen) atoms. The zero-order valence-electron chi connectivity index (χ0n) is 21.8. The van der Waals surface area contributed by atoms with Gasteiger partial charge in [-0.2, -0.15) is 0 Å². The van der Waals surface area contributed by atoms with Gasteiger partial charge in [0.2, 0.25) is 11.8 Å². The number of nitrogens with zero attached hydrogens (tertiary/aromatic N) is 1. The Morgan fingerprint density at radius 1 is 1.00 bits per heavy atom. The number of carbonyl (C=O) groups is 2. The number of halogens is 1. The molecular formula is C31H35ClN2O3S. The van der Waals surface area contributed by atoms with Crippen molar-refractivity contribution in [2.45, 2.75) is 56.5 Å². The standard InChI is InChI=1S/C31H35ClN2O3S/c1-37-27-16-9-12-24(18-27)20-34(30(35)22-38-21-25-13-5-8-17-28(25)32)29(19-23-10-3-2-4-11-23)31(36)33-26-14-6-7-15-26/h2-5,8-13,16-18,26,29H,6-7,14-15,19-22H2,1H3,(H,33,36)/t29-/m0/s1. The van der Waals surface area contributed by atoms with Crippen LogP contribution in [-0.4, -0.2) is 41.7 Å². The third kappa shape index (κ3) is 8.02. The Bertz CT molecular complexity index is 1200. The van der Waals surface area contributed by atoms with Crippen LogP contribution in [0.25, 0.3) is 0 Å². The van der Waals surface area contributed by atoms with E-state index in [-0.39, 0.29) is 23.6 Å². The van der Waals surface area contributed by atoms with Crippen molar-refractivity contribution in [3.8, 4) is 5.75 Å². The molecule has 0 heterocycles. The van der Waals surface area contributed by atoms with Crippen LogP contribution in [0.4, 0.5) is 0 Å². The van der Waals surface area contributed by atoms with Crippen LogP contribution < -0.4 is 10.1 Å². The van der Waals surface area contributed by atoms with E-state index in [1.54, 1.807) is 12.0 Å². The average Bonchev–Trinajstić information content (AvgIpc) is 3.45. The largest absolute Gasteiger partial charge is 0.497 e. The number of benzene rings is 3. The Morgan fingerprint density at radius 2 is 1.71 bits per heavy atom. The Balaban J connectivity index is 1.58. The molecule has 0 radical (unpaired) electrons. The number of methoxy groups -OCH3 is 1. The Morgan fingerprint density at radius 3 is 2.45 bits per heavy atom. The van der Waals surface area contributed by atoms with Crippen molar-refractivity contribution >= 4 is 35.2 Å². The molecule has 0 aromatic heterocycles. The van der Waals surface area contributed by atoms with E-state index in [2.05, 4.69) is 5.32 Å². The van der Waals surface area contributed by atoms with Crippen molar-refractivity contribution in [1.82, 2.24) is 10.2 Å². The molecule has 1 atom stereocenters. The number of hydrogen-bond acceptors (Lipinski definition) is 4. The molecule has 1 saturated carbocycles. The Kier molecular flexibility index (Phi) is 10.5. The van der Waals surface area contributed by atoms with Gasteiger partial charge in [0, 0.05) is 29.8 Å². The Labute approximate surface area is 234 Å². The van der Waals surface area contributed by atoms with Crippen LogP contribution >= 0.6 is 23.4 Å². The van der Waals surface area contributed by atoms with Crippen LogP contribution in [0.15, 0.2) is 78.9 Å². The molecule has 1 aliphatic rings. The summed E-state index contributed by atoms with van der Waals surface area (Å²) in [5.74, 6) is 1.42. The zero-order valence-corrected chi connectivity index (χ0v) is 23.3. The third-order valence-electron chi connectivity index (χ3n) is 6.90. The van der Waals surface area contributed by atoms with Crippen molar-refractivity contribution in [2.24, 2.45) is 0 Å². The topological polar surface area (TPSA) is 58.6 Å². The van der Waals surface area contributed by atoms with Gasteiger partial charge < -0.3 is 15.0 Å². The molecule has 200 valence electrons. The lowest BCUT2D eigenvalue weighted by Crippen LogP contribution is -2.52. The summed E-state index contributed by atoms with van der Waals surface area (Å²) >= 11 is 7.84. The number of thioether (sulfide) groups is 1. The molecular weight excluding hydrogens is 516 g/mol. The van der Waals surface area contributed by atoms with Crippen molar-refractivity contribution < 1.29 is 14.3 Å². The number of carbonyl (C=O) groups excluding carboxylic acids is 2. The lowest BCUT2D eigenvalue weighted by atomic mass is 10.0. The van der Waals surface area contributed by atoms with Gasteiger partial charge in [-0.15, -0.1) is 11.8 Å². The van der Waals surface area contributed by atoms with E-state index < -0.39 is 6.04 Å². The maximum absolute atomic E-state index is 13.8. The predicted molar refractivity (Wildman–Crippen MR) is 155 cm³/mol. The maximum atomic E-state index is 13.8. The van der Waals surface area contributed by atoms with Gasteiger partial charge in [0.25, 0.3) is 0 Å². The molecule has 0 aliphatic heterocycles. The second kappa shape index (κ2) is 14.3. The van der Waals surface area contributed by atoms with E-state index in [9.17, 15) is 9.59 Å². The molecule has 1 N–H and O–H groups in total. The van der Waals surface area contributed by atoms with Crippen LogP contribution in [0, 0.1) is 0 Å². The second-order valence-corrected chi connectivity index (χ2v) is 11.0. The van der Waals surface area contributed by atoms with Crippen LogP contribution in [0.5, 0.6) is 5.75 Å². The predicted octanol–water partition coefficient (Wildman–Crippen LogP) is 6.28. The molecule has 4 rings (SSSR count). The quantitative estimate of drug-likeness (QED) is 0.288. The molecule has 3 aromatic carbocycles. The highest BCUT2D eigenvalue weighted by atomic mass is 35.5. The number of ether oxygens (including phenoxy) is 1. The van der Waals surface area contributed by atoms with E-state index >= 15 is 0 Å². The molecule has 0 spiro atoms. The van der Waals surface area contributed by atoms with Gasteiger partial charge in [-0.25, -0.2) is 0 Å². The zero-order chi connectivity index (χ0) is 26.7. The fourth-order valence-corrected chi connectivity index (χ4v) is 6.03. The second-order valence-electron chi connectivity index (χ2n) is 9.65. The molecule has 7 heteroatoms. The molecule has 5 nitrogen and oxygen atoms in total. The van der Waals surface area contributed by atoms with Gasteiger partial charge in [0.1, 0.15) is 11.8 Å². The summed E-state index contributed by atoms with van der Waals surface area (Å²) in [6.07, 6.45) is 4.67. The average molecular weight is 551 g/mol. The van der Waals surface area contributed by atoms with Gasteiger partial charge in [-0.05, 0) is 47.7 Å². The van der Waals surface area contributed by atoms with Crippen LogP contribution in [0.1, 0.15) is 42.4 Å². The van der Waals surface area contributed by atoms with Gasteiger partial charge in [-0.1, -0.05) is 85.1 Å². The number of hydrogen-bond donors (Lipinski definition) is 1. The first kappa shape index (κ1) is 28.1. The lowest BCUT2D eigenvalue weighted by molar-refractivity contribution is -0.139. The third-order valence-corrected chi connectivity index (χ3v) is 8.24. The van der Waals surface area contributed by atoms with Crippen LogP contribution in [0.2, 0.25) is 5.02 Å². The first-order valence-corrected chi connectivity index (χ1v) is 14.6. The first-order chi connectivity index (χ1) is 18.5. The van der Waals surface area contributed by atoms with Crippen molar-refractivity contribution in [3.05, 3.63) is 101 Å². The highest BCUT2D eigenvalue weighted by molar-refractivity contribution is 7.99. The minimum Gasteiger partial charge on any atom is -0.497 e. The SMILES string of the molecule is COc1cccc(CN(C(=O)CSCc2ccccc2Cl)[C@@H](Cc2ccccc2)C(=O)NC2CCCC2)c1. The van der Waals surface area contributed by atoms with Gasteiger partial charge in [0.05, 0.1) is 12.9 Å². The minimum atomic E-state index is -0.627. The van der Waals surface area contributed by atoms with E-state index in [4.69, 9.17) is 16.3 Å². The van der Waals surface area contributed by atoms with E-state index in [0.717, 1.165) is 48.1 Å². The first-order valence-electron chi connectivity index (χ1n) is 13.1. The highest BCUT2D eigenvalue weighted by Crippen LogP contribution is 2.24. The molecule has 3 aromatic rings. The summed E-state index contributed by atoms with van der Waals surface area (Å²) in [6, 6.07) is 24.8. The summed E-state index contributed by atoms with van der Waals surface area (Å²) in [5, 5.41) is 3.94. The molecule has 0 bridgehead atoms. The number of amides is 2. The number of rotatable bonds is 12. The minimum absolute atomic E-state index is 0.0765. The fraction of sp³-hybridized carbons (Fsp3) is 0.355. The van der Waals surface area contributed by atoms with Crippen molar-refractivity contribution in [3.63, 3.8) is 0 Å². The smallest absolute Gasteiger partial charge is 0.243 e. The number of nitrogens with one attached hydrogen (secondary N) is 1. The normalized spacial score (nSPS) is 14.2. The van der Waals surface area contributed by atoms with Crippen molar-refractivity contribution in [2.75, 3.05) is 12.9 Å². The summed E-state index contributed by atoms with van der Waals surface area (Å²) in [5.41, 5.74) is 2.93. The van der Waals surface area contributed by atoms with Gasteiger partial charge in [0.15, 0.2) is 0 Å². The van der Waals surface area contributed by atoms with E-state index in [1.807, 2.05) is 78.9 Å². The van der Waals surface area contributed by atoms with Crippen molar-refractivity contribution in [1.29, 1.82) is 0 Å². The van der Waals surface area contributed by atoms with Crippen LogP contribution in [-0.2, 0) is 28.3 Å². The molecule has 0 unspecified atom stereocenters. The molecule has 2 amide bonds. The summed E-state index contributed by atoms with van der Waals surface area (Å²) in [7, 11) is 1.63.